The summed E-state index contributed by atoms with van der Waals surface area (Å²) in [6.07, 6.45) is 2.19. The molecule has 108 valence electrons. The SMILES string of the molecule is O=C(CCOc1ccccc1)NC1CCC(C(=O)O)C1. The van der Waals surface area contributed by atoms with E-state index in [9.17, 15) is 9.59 Å². The van der Waals surface area contributed by atoms with E-state index >= 15 is 0 Å². The van der Waals surface area contributed by atoms with E-state index < -0.39 is 5.97 Å². The molecule has 0 aromatic heterocycles. The first-order valence-electron chi connectivity index (χ1n) is 6.85. The highest BCUT2D eigenvalue weighted by Gasteiger charge is 2.30. The van der Waals surface area contributed by atoms with Crippen LogP contribution in [0.3, 0.4) is 0 Å². The van der Waals surface area contributed by atoms with E-state index in [1.54, 1.807) is 0 Å². The summed E-state index contributed by atoms with van der Waals surface area (Å²) in [7, 11) is 0. The Morgan fingerprint density at radius 2 is 2.00 bits per heavy atom. The largest absolute Gasteiger partial charge is 0.493 e. The fourth-order valence-electron chi connectivity index (χ4n) is 2.42. The number of nitrogens with one attached hydrogen (secondary N) is 1. The molecule has 2 atom stereocenters. The molecule has 2 N–H and O–H groups in total. The molecule has 20 heavy (non-hydrogen) atoms. The van der Waals surface area contributed by atoms with Gasteiger partial charge in [-0.3, -0.25) is 9.59 Å². The Bertz CT molecular complexity index is 460. The number of carbonyl (C=O) groups is 2. The molecule has 1 aliphatic rings. The molecule has 0 bridgehead atoms. The number of hydrogen-bond acceptors (Lipinski definition) is 3. The first-order valence-corrected chi connectivity index (χ1v) is 6.85. The number of carbonyl (C=O) groups excluding carboxylic acids is 1. The summed E-state index contributed by atoms with van der Waals surface area (Å²) in [4.78, 5) is 22.6. The molecule has 1 amide bonds. The minimum Gasteiger partial charge on any atom is -0.493 e. The molecule has 0 spiro atoms. The van der Waals surface area contributed by atoms with Crippen molar-refractivity contribution in [2.24, 2.45) is 5.92 Å². The molecule has 1 aromatic carbocycles. The predicted molar refractivity (Wildman–Crippen MR) is 73.5 cm³/mol. The second-order valence-electron chi connectivity index (χ2n) is 5.02. The van der Waals surface area contributed by atoms with E-state index in [0.29, 0.717) is 19.4 Å². The van der Waals surface area contributed by atoms with E-state index in [0.717, 1.165) is 12.2 Å². The molecule has 1 saturated carbocycles. The summed E-state index contributed by atoms with van der Waals surface area (Å²) >= 11 is 0. The fourth-order valence-corrected chi connectivity index (χ4v) is 2.42. The average Bonchev–Trinajstić information content (AvgIpc) is 2.88. The lowest BCUT2D eigenvalue weighted by molar-refractivity contribution is -0.141. The van der Waals surface area contributed by atoms with Crippen LogP contribution in [0.25, 0.3) is 0 Å². The van der Waals surface area contributed by atoms with Crippen molar-refractivity contribution in [1.82, 2.24) is 5.32 Å². The second kappa shape index (κ2) is 6.93. The summed E-state index contributed by atoms with van der Waals surface area (Å²) in [6.45, 7) is 0.324. The van der Waals surface area contributed by atoms with Crippen LogP contribution >= 0.6 is 0 Å². The number of carboxylic acids is 1. The Labute approximate surface area is 117 Å². The number of para-hydroxylation sites is 1. The van der Waals surface area contributed by atoms with Crippen LogP contribution < -0.4 is 10.1 Å². The van der Waals surface area contributed by atoms with Gasteiger partial charge in [0.2, 0.25) is 5.91 Å². The molecule has 0 saturated heterocycles. The van der Waals surface area contributed by atoms with Gasteiger partial charge in [-0.15, -0.1) is 0 Å². The van der Waals surface area contributed by atoms with Crippen LogP contribution in [0.1, 0.15) is 25.7 Å². The van der Waals surface area contributed by atoms with Gasteiger partial charge in [0.25, 0.3) is 0 Å². The molecule has 1 aromatic rings. The zero-order valence-electron chi connectivity index (χ0n) is 11.2. The monoisotopic (exact) mass is 277 g/mol. The van der Waals surface area contributed by atoms with E-state index in [1.807, 2.05) is 30.3 Å². The molecule has 2 rings (SSSR count). The summed E-state index contributed by atoms with van der Waals surface area (Å²) in [5.74, 6) is -0.431. The lowest BCUT2D eigenvalue weighted by Gasteiger charge is -2.12. The molecular weight excluding hydrogens is 258 g/mol. The van der Waals surface area contributed by atoms with Gasteiger partial charge in [0.15, 0.2) is 0 Å². The molecule has 0 aliphatic heterocycles. The molecule has 1 fully saturated rings. The maximum absolute atomic E-state index is 11.7. The number of carboxylic acid groups (broad SMARTS) is 1. The third kappa shape index (κ3) is 4.26. The van der Waals surface area contributed by atoms with Gasteiger partial charge in [0.1, 0.15) is 5.75 Å². The lowest BCUT2D eigenvalue weighted by Crippen LogP contribution is -2.34. The van der Waals surface area contributed by atoms with Crippen molar-refractivity contribution in [2.45, 2.75) is 31.7 Å². The topological polar surface area (TPSA) is 75.6 Å². The third-order valence-electron chi connectivity index (χ3n) is 3.49. The number of rotatable bonds is 6. The van der Waals surface area contributed by atoms with Crippen LogP contribution in [-0.2, 0) is 9.59 Å². The first kappa shape index (κ1) is 14.4. The van der Waals surface area contributed by atoms with Crippen molar-refractivity contribution in [1.29, 1.82) is 0 Å². The smallest absolute Gasteiger partial charge is 0.306 e. The van der Waals surface area contributed by atoms with E-state index in [1.165, 1.54) is 0 Å². The highest BCUT2D eigenvalue weighted by atomic mass is 16.5. The Balaban J connectivity index is 1.65. The van der Waals surface area contributed by atoms with Crippen molar-refractivity contribution in [3.63, 3.8) is 0 Å². The summed E-state index contributed by atoms with van der Waals surface area (Å²) in [5.41, 5.74) is 0. The van der Waals surface area contributed by atoms with Crippen molar-refractivity contribution < 1.29 is 19.4 Å². The minimum atomic E-state index is -0.769. The van der Waals surface area contributed by atoms with Gasteiger partial charge in [0, 0.05) is 6.04 Å². The minimum absolute atomic E-state index is 0.0136. The summed E-state index contributed by atoms with van der Waals surface area (Å²) < 4.78 is 5.45. The average molecular weight is 277 g/mol. The van der Waals surface area contributed by atoms with E-state index in [-0.39, 0.29) is 24.3 Å². The maximum atomic E-state index is 11.7. The van der Waals surface area contributed by atoms with Gasteiger partial charge in [-0.25, -0.2) is 0 Å². The van der Waals surface area contributed by atoms with Crippen molar-refractivity contribution in [3.8, 4) is 5.75 Å². The van der Waals surface area contributed by atoms with E-state index in [4.69, 9.17) is 9.84 Å². The number of benzene rings is 1. The van der Waals surface area contributed by atoms with Gasteiger partial charge in [-0.05, 0) is 31.4 Å². The fraction of sp³-hybridized carbons (Fsp3) is 0.467. The van der Waals surface area contributed by atoms with Crippen molar-refractivity contribution in [2.75, 3.05) is 6.61 Å². The second-order valence-corrected chi connectivity index (χ2v) is 5.02. The number of hydrogen-bond donors (Lipinski definition) is 2. The molecule has 0 heterocycles. The highest BCUT2D eigenvalue weighted by Crippen LogP contribution is 2.25. The molecular formula is C15H19NO4. The quantitative estimate of drug-likeness (QED) is 0.831. The molecule has 1 aliphatic carbocycles. The molecule has 5 heteroatoms. The summed E-state index contributed by atoms with van der Waals surface area (Å²) in [6, 6.07) is 9.32. The lowest BCUT2D eigenvalue weighted by atomic mass is 10.1. The zero-order valence-corrected chi connectivity index (χ0v) is 11.2. The van der Waals surface area contributed by atoms with Gasteiger partial charge < -0.3 is 15.2 Å². The number of aliphatic carboxylic acids is 1. The van der Waals surface area contributed by atoms with Crippen LogP contribution in [0.4, 0.5) is 0 Å². The predicted octanol–water partition coefficient (Wildman–Crippen LogP) is 1.82. The van der Waals surface area contributed by atoms with Crippen molar-refractivity contribution in [3.05, 3.63) is 30.3 Å². The van der Waals surface area contributed by atoms with Crippen LogP contribution in [0.2, 0.25) is 0 Å². The van der Waals surface area contributed by atoms with Gasteiger partial charge in [-0.1, -0.05) is 18.2 Å². The maximum Gasteiger partial charge on any atom is 0.306 e. The summed E-state index contributed by atoms with van der Waals surface area (Å²) in [5, 5.41) is 11.8. The zero-order chi connectivity index (χ0) is 14.4. The Hall–Kier alpha value is -2.04. The van der Waals surface area contributed by atoms with Crippen LogP contribution in [0.5, 0.6) is 5.75 Å². The standard InChI is InChI=1S/C15H19NO4/c17-14(8-9-20-13-4-2-1-3-5-13)16-12-7-6-11(10-12)15(18)19/h1-5,11-12H,6-10H2,(H,16,17)(H,18,19). The van der Waals surface area contributed by atoms with Crippen molar-refractivity contribution >= 4 is 11.9 Å². The van der Waals surface area contributed by atoms with Crippen LogP contribution in [-0.4, -0.2) is 29.6 Å². The highest BCUT2D eigenvalue weighted by molar-refractivity contribution is 5.77. The van der Waals surface area contributed by atoms with E-state index in [2.05, 4.69) is 5.32 Å². The Kier molecular flexibility index (Phi) is 4.98. The number of ether oxygens (including phenoxy) is 1. The van der Waals surface area contributed by atoms with Crippen LogP contribution in [0, 0.1) is 5.92 Å². The van der Waals surface area contributed by atoms with Gasteiger partial charge >= 0.3 is 5.97 Å². The first-order chi connectivity index (χ1) is 9.65. The molecule has 0 radical (unpaired) electrons. The molecule has 2 unspecified atom stereocenters. The van der Waals surface area contributed by atoms with Gasteiger partial charge in [-0.2, -0.15) is 0 Å². The normalized spacial score (nSPS) is 21.4. The van der Waals surface area contributed by atoms with Crippen LogP contribution in [0.15, 0.2) is 30.3 Å². The van der Waals surface area contributed by atoms with Gasteiger partial charge in [0.05, 0.1) is 18.9 Å². The Morgan fingerprint density at radius 1 is 1.25 bits per heavy atom. The molecule has 5 nitrogen and oxygen atoms in total. The number of amides is 1. The third-order valence-corrected chi connectivity index (χ3v) is 3.49. The Morgan fingerprint density at radius 3 is 2.65 bits per heavy atom.